The van der Waals surface area contributed by atoms with Crippen molar-refractivity contribution in [2.24, 2.45) is 0 Å². The third-order valence-corrected chi connectivity index (χ3v) is 7.82. The van der Waals surface area contributed by atoms with Crippen molar-refractivity contribution in [3.63, 3.8) is 0 Å². The zero-order valence-electron chi connectivity index (χ0n) is 23.6. The molecule has 2 aromatic heterocycles. The number of carbonyl (C=O) groups is 2. The second-order valence-corrected chi connectivity index (χ2v) is 10.9. The number of benzene rings is 3. The van der Waals surface area contributed by atoms with Gasteiger partial charge in [-0.05, 0) is 55.3 Å². The highest BCUT2D eigenvalue weighted by atomic mass is 19.3. The molecule has 0 spiro atoms. The van der Waals surface area contributed by atoms with Gasteiger partial charge >= 0.3 is 0 Å². The maximum Gasteiger partial charge on any atom is 0.255 e. The Balaban J connectivity index is 1.42. The molecule has 0 saturated heterocycles. The van der Waals surface area contributed by atoms with E-state index >= 15 is 4.39 Å². The van der Waals surface area contributed by atoms with E-state index in [1.54, 1.807) is 43.3 Å². The highest BCUT2D eigenvalue weighted by Crippen LogP contribution is 2.50. The van der Waals surface area contributed by atoms with Crippen LogP contribution in [0, 0.1) is 19.7 Å². The maximum absolute atomic E-state index is 16.4. The number of carbonyl (C=O) groups excluding carboxylic acids is 2. The van der Waals surface area contributed by atoms with Gasteiger partial charge in [-0.1, -0.05) is 35.9 Å². The van der Waals surface area contributed by atoms with Crippen molar-refractivity contribution in [1.82, 2.24) is 20.6 Å². The topological polar surface area (TPSA) is 97.1 Å². The second kappa shape index (κ2) is 10.4. The quantitative estimate of drug-likeness (QED) is 0.231. The fraction of sp³-hybridized carbons (Fsp3) is 0.212. The van der Waals surface area contributed by atoms with Crippen LogP contribution in [-0.2, 0) is 5.54 Å². The normalized spacial score (nSPS) is 15.1. The Hall–Kier alpha value is -4.99. The number of nitrogens with one attached hydrogen (secondary N) is 2. The van der Waals surface area contributed by atoms with Gasteiger partial charge in [-0.2, -0.15) is 0 Å². The molecule has 2 amide bonds. The van der Waals surface area contributed by atoms with E-state index in [0.717, 1.165) is 5.56 Å². The van der Waals surface area contributed by atoms with Crippen LogP contribution in [0.3, 0.4) is 0 Å². The van der Waals surface area contributed by atoms with E-state index < -0.39 is 41.9 Å². The molecule has 0 radical (unpaired) electrons. The van der Waals surface area contributed by atoms with Crippen molar-refractivity contribution >= 4 is 22.8 Å². The smallest absolute Gasteiger partial charge is 0.255 e. The molecule has 43 heavy (non-hydrogen) atoms. The molecule has 1 aliphatic carbocycles. The number of amides is 2. The van der Waals surface area contributed by atoms with Crippen LogP contribution in [0.1, 0.15) is 50.5 Å². The maximum atomic E-state index is 16.4. The molecule has 2 N–H and O–H groups in total. The van der Waals surface area contributed by atoms with E-state index in [-0.39, 0.29) is 39.2 Å². The van der Waals surface area contributed by atoms with Crippen LogP contribution in [0.4, 0.5) is 13.2 Å². The second-order valence-electron chi connectivity index (χ2n) is 10.9. The summed E-state index contributed by atoms with van der Waals surface area (Å²) in [5.41, 5.74) is 1.81. The molecule has 5 aromatic rings. The Morgan fingerprint density at radius 3 is 2.26 bits per heavy atom. The van der Waals surface area contributed by atoms with Crippen LogP contribution < -0.4 is 10.6 Å². The van der Waals surface area contributed by atoms with Gasteiger partial charge in [0.25, 0.3) is 17.7 Å². The molecule has 0 unspecified atom stereocenters. The summed E-state index contributed by atoms with van der Waals surface area (Å²) in [5, 5.41) is 5.30. The number of alkyl halides is 2. The number of hydrogen-bond donors (Lipinski definition) is 2. The lowest BCUT2D eigenvalue weighted by atomic mass is 9.72. The number of nitrogens with zero attached hydrogens (tertiary/aromatic N) is 2. The summed E-state index contributed by atoms with van der Waals surface area (Å²) in [6, 6.07) is 16.7. The SMILES string of the molecule is CNC(=O)c1c(-c2ccc(C)cc2)oc2ccc(-c3cc(C(=O)NC4(c5ncccn5)CC(F)(F)C4)ccc3C)c(F)c12. The van der Waals surface area contributed by atoms with Gasteiger partial charge in [0, 0.05) is 49.0 Å². The minimum absolute atomic E-state index is 0.0126. The van der Waals surface area contributed by atoms with Gasteiger partial charge < -0.3 is 15.1 Å². The first-order chi connectivity index (χ1) is 20.5. The van der Waals surface area contributed by atoms with Crippen LogP contribution in [0.25, 0.3) is 33.4 Å². The molecule has 0 bridgehead atoms. The van der Waals surface area contributed by atoms with Gasteiger partial charge in [-0.3, -0.25) is 9.59 Å². The molecule has 218 valence electrons. The first-order valence-electron chi connectivity index (χ1n) is 13.6. The Morgan fingerprint density at radius 1 is 0.907 bits per heavy atom. The number of halogens is 3. The summed E-state index contributed by atoms with van der Waals surface area (Å²) in [5.74, 6) is -4.45. The summed E-state index contributed by atoms with van der Waals surface area (Å²) in [6.45, 7) is 3.70. The predicted octanol–water partition coefficient (Wildman–Crippen LogP) is 6.73. The van der Waals surface area contributed by atoms with E-state index in [1.807, 2.05) is 19.1 Å². The number of furan rings is 1. The third-order valence-electron chi connectivity index (χ3n) is 7.82. The number of aromatic nitrogens is 2. The lowest BCUT2D eigenvalue weighted by Gasteiger charge is -2.46. The van der Waals surface area contributed by atoms with Crippen molar-refractivity contribution in [1.29, 1.82) is 0 Å². The number of fused-ring (bicyclic) bond motifs is 1. The van der Waals surface area contributed by atoms with Gasteiger partial charge in [0.05, 0.1) is 10.9 Å². The standard InChI is InChI=1S/C33H27F3N4O3/c1-18-5-8-20(9-6-18)28-26(30(42)37-3)25-24(43-28)12-11-22(27(25)34)23-15-21(10-7-19(23)2)29(41)40-32(16-33(35,36)17-32)31-38-13-4-14-39-31/h4-15H,16-17H2,1-3H3,(H,37,42)(H,40,41). The molecular formula is C33H27F3N4O3. The average Bonchev–Trinajstić information content (AvgIpc) is 3.37. The third kappa shape index (κ3) is 4.92. The van der Waals surface area contributed by atoms with Crippen molar-refractivity contribution < 1.29 is 27.2 Å². The van der Waals surface area contributed by atoms with E-state index in [2.05, 4.69) is 20.6 Å². The molecule has 6 rings (SSSR count). The molecule has 1 aliphatic rings. The highest BCUT2D eigenvalue weighted by Gasteiger charge is 2.60. The number of rotatable bonds is 6. The van der Waals surface area contributed by atoms with Crippen LogP contribution in [0.2, 0.25) is 0 Å². The molecule has 1 saturated carbocycles. The Morgan fingerprint density at radius 2 is 1.60 bits per heavy atom. The van der Waals surface area contributed by atoms with Gasteiger partial charge in [0.2, 0.25) is 0 Å². The molecule has 10 heteroatoms. The Labute approximate surface area is 245 Å². The first-order valence-corrected chi connectivity index (χ1v) is 13.6. The molecule has 1 fully saturated rings. The van der Waals surface area contributed by atoms with Gasteiger partial charge in [0.15, 0.2) is 5.82 Å². The summed E-state index contributed by atoms with van der Waals surface area (Å²) < 4.78 is 50.5. The fourth-order valence-electron chi connectivity index (χ4n) is 5.63. The summed E-state index contributed by atoms with van der Waals surface area (Å²) in [6.07, 6.45) is 1.60. The van der Waals surface area contributed by atoms with Crippen LogP contribution in [-0.4, -0.2) is 34.8 Å². The first kappa shape index (κ1) is 28.1. The summed E-state index contributed by atoms with van der Waals surface area (Å²) >= 11 is 0. The Bertz CT molecular complexity index is 1880. The van der Waals surface area contributed by atoms with Crippen molar-refractivity contribution in [3.05, 3.63) is 107 Å². The highest BCUT2D eigenvalue weighted by molar-refractivity contribution is 6.12. The van der Waals surface area contributed by atoms with Crippen molar-refractivity contribution in [2.75, 3.05) is 7.05 Å². The lowest BCUT2D eigenvalue weighted by molar-refractivity contribution is -0.136. The largest absolute Gasteiger partial charge is 0.455 e. The van der Waals surface area contributed by atoms with Gasteiger partial charge in [-0.25, -0.2) is 23.1 Å². The molecule has 0 atom stereocenters. The van der Waals surface area contributed by atoms with Crippen molar-refractivity contribution in [3.8, 4) is 22.5 Å². The minimum atomic E-state index is -2.96. The zero-order valence-corrected chi connectivity index (χ0v) is 23.6. The zero-order chi connectivity index (χ0) is 30.5. The van der Waals surface area contributed by atoms with Gasteiger partial charge in [-0.15, -0.1) is 0 Å². The fourth-order valence-corrected chi connectivity index (χ4v) is 5.63. The molecule has 7 nitrogen and oxygen atoms in total. The average molecular weight is 585 g/mol. The predicted molar refractivity (Wildman–Crippen MR) is 155 cm³/mol. The molecule has 0 aliphatic heterocycles. The van der Waals surface area contributed by atoms with Crippen LogP contribution in [0.15, 0.2) is 77.5 Å². The molecule has 3 aromatic carbocycles. The molecular weight excluding hydrogens is 557 g/mol. The van der Waals surface area contributed by atoms with E-state index in [1.165, 1.54) is 31.6 Å². The molecule has 2 heterocycles. The number of hydrogen-bond acceptors (Lipinski definition) is 5. The van der Waals surface area contributed by atoms with Crippen LogP contribution in [0.5, 0.6) is 0 Å². The van der Waals surface area contributed by atoms with E-state index in [9.17, 15) is 18.4 Å². The monoisotopic (exact) mass is 584 g/mol. The van der Waals surface area contributed by atoms with E-state index in [4.69, 9.17) is 4.42 Å². The van der Waals surface area contributed by atoms with Crippen molar-refractivity contribution in [2.45, 2.75) is 38.2 Å². The number of aryl methyl sites for hydroxylation is 2. The minimum Gasteiger partial charge on any atom is -0.455 e. The van der Waals surface area contributed by atoms with E-state index in [0.29, 0.717) is 16.7 Å². The van der Waals surface area contributed by atoms with Crippen LogP contribution >= 0.6 is 0 Å². The summed E-state index contributed by atoms with van der Waals surface area (Å²) in [7, 11) is 1.46. The van der Waals surface area contributed by atoms with Gasteiger partial charge in [0.1, 0.15) is 22.7 Å². The Kier molecular flexibility index (Phi) is 6.79. The lowest BCUT2D eigenvalue weighted by Crippen LogP contribution is -2.60. The summed E-state index contributed by atoms with van der Waals surface area (Å²) in [4.78, 5) is 34.7.